The molecule has 2 aromatic carbocycles. The maximum Gasteiger partial charge on any atom is 0.260 e. The molecule has 5 rings (SSSR count). The number of nitrogens with zero attached hydrogens (tertiary/aromatic N) is 2. The van der Waals surface area contributed by atoms with Gasteiger partial charge < -0.3 is 29.7 Å². The lowest BCUT2D eigenvalue weighted by molar-refractivity contribution is -0.110. The van der Waals surface area contributed by atoms with Gasteiger partial charge in [0.15, 0.2) is 5.76 Å². The smallest absolute Gasteiger partial charge is 0.260 e. The Morgan fingerprint density at radius 1 is 1.27 bits per heavy atom. The maximum absolute atomic E-state index is 12.6. The molecule has 33 heavy (non-hydrogen) atoms. The zero-order valence-corrected chi connectivity index (χ0v) is 18.6. The Bertz CT molecular complexity index is 1250. The third kappa shape index (κ3) is 3.71. The third-order valence-corrected chi connectivity index (χ3v) is 6.43. The van der Waals surface area contributed by atoms with Crippen molar-refractivity contribution >= 4 is 40.2 Å². The number of methoxy groups -OCH3 is 1. The average molecular weight is 468 g/mol. The standard InChI is InChI=1S/C24H22ClN3O5/c1-32-21-11-20(33-27-21)23(30)22-17-9-16(18(25)10-19(17)26-24(22)31)13-4-6-14(7-5-13)28-8-2-3-15(28)12-29/h4-7,9-11,15,29-30H,2-3,8,12H2,1H3,(H,26,31)/t15-/m1/s1. The van der Waals surface area contributed by atoms with E-state index in [4.69, 9.17) is 20.9 Å². The number of anilines is 2. The molecule has 2 aliphatic heterocycles. The molecular formula is C24H22ClN3O5. The van der Waals surface area contributed by atoms with Crippen molar-refractivity contribution in [3.8, 4) is 17.0 Å². The fourth-order valence-corrected chi connectivity index (χ4v) is 4.71. The molecule has 2 aliphatic rings. The number of fused-ring (bicyclic) bond motifs is 1. The summed E-state index contributed by atoms with van der Waals surface area (Å²) < 4.78 is 10.1. The number of rotatable bonds is 5. The van der Waals surface area contributed by atoms with Crippen LogP contribution in [-0.4, -0.2) is 47.6 Å². The van der Waals surface area contributed by atoms with Gasteiger partial charge >= 0.3 is 0 Å². The molecule has 0 aliphatic carbocycles. The van der Waals surface area contributed by atoms with E-state index in [2.05, 4.69) is 15.4 Å². The first-order valence-electron chi connectivity index (χ1n) is 10.6. The second-order valence-corrected chi connectivity index (χ2v) is 8.41. The minimum atomic E-state index is -0.467. The van der Waals surface area contributed by atoms with E-state index < -0.39 is 5.91 Å². The summed E-state index contributed by atoms with van der Waals surface area (Å²) in [5.74, 6) is -0.593. The Kier molecular flexibility index (Phi) is 5.47. The van der Waals surface area contributed by atoms with Crippen LogP contribution in [0.25, 0.3) is 22.5 Å². The van der Waals surface area contributed by atoms with E-state index in [0.717, 1.165) is 36.2 Å². The van der Waals surface area contributed by atoms with E-state index in [-0.39, 0.29) is 35.6 Å². The fraction of sp³-hybridized carbons (Fsp3) is 0.250. The van der Waals surface area contributed by atoms with Crippen LogP contribution in [0, 0.1) is 0 Å². The van der Waals surface area contributed by atoms with Crippen LogP contribution in [0.3, 0.4) is 0 Å². The predicted molar refractivity (Wildman–Crippen MR) is 125 cm³/mol. The predicted octanol–water partition coefficient (Wildman–Crippen LogP) is 4.34. The molecule has 1 fully saturated rings. The number of benzene rings is 2. The highest BCUT2D eigenvalue weighted by molar-refractivity contribution is 6.38. The highest BCUT2D eigenvalue weighted by Gasteiger charge is 2.31. The number of carbonyl (C=O) groups excluding carboxylic acids is 1. The van der Waals surface area contributed by atoms with Crippen LogP contribution in [0.1, 0.15) is 24.2 Å². The van der Waals surface area contributed by atoms with Crippen molar-refractivity contribution in [1.82, 2.24) is 5.16 Å². The largest absolute Gasteiger partial charge is 0.504 e. The van der Waals surface area contributed by atoms with Crippen LogP contribution in [0.2, 0.25) is 5.02 Å². The van der Waals surface area contributed by atoms with E-state index in [1.807, 2.05) is 24.3 Å². The lowest BCUT2D eigenvalue weighted by atomic mass is 9.98. The lowest BCUT2D eigenvalue weighted by Crippen LogP contribution is -2.31. The minimum absolute atomic E-state index is 0.0229. The molecule has 3 aromatic rings. The number of aromatic nitrogens is 1. The first kappa shape index (κ1) is 21.4. The molecule has 1 atom stereocenters. The van der Waals surface area contributed by atoms with Gasteiger partial charge in [0.25, 0.3) is 11.8 Å². The van der Waals surface area contributed by atoms with Gasteiger partial charge in [-0.05, 0) is 47.8 Å². The Morgan fingerprint density at radius 2 is 2.06 bits per heavy atom. The number of ether oxygens (including phenoxy) is 1. The monoisotopic (exact) mass is 467 g/mol. The molecule has 1 aromatic heterocycles. The van der Waals surface area contributed by atoms with Crippen LogP contribution in [0.4, 0.5) is 11.4 Å². The maximum atomic E-state index is 12.6. The van der Waals surface area contributed by atoms with Gasteiger partial charge in [-0.3, -0.25) is 4.79 Å². The average Bonchev–Trinajstić information content (AvgIpc) is 3.56. The van der Waals surface area contributed by atoms with Crippen molar-refractivity contribution in [1.29, 1.82) is 0 Å². The van der Waals surface area contributed by atoms with Crippen molar-refractivity contribution in [2.45, 2.75) is 18.9 Å². The molecule has 1 amide bonds. The number of aliphatic hydroxyl groups is 2. The van der Waals surface area contributed by atoms with Crippen molar-refractivity contribution in [3.05, 3.63) is 58.8 Å². The number of hydrogen-bond donors (Lipinski definition) is 3. The fourth-order valence-electron chi connectivity index (χ4n) is 4.43. The van der Waals surface area contributed by atoms with Gasteiger partial charge in [-0.15, -0.1) is 0 Å². The van der Waals surface area contributed by atoms with Gasteiger partial charge in [0.1, 0.15) is 0 Å². The van der Waals surface area contributed by atoms with Crippen LogP contribution in [-0.2, 0) is 4.79 Å². The van der Waals surface area contributed by atoms with Crippen molar-refractivity contribution in [3.63, 3.8) is 0 Å². The van der Waals surface area contributed by atoms with E-state index in [1.54, 1.807) is 12.1 Å². The highest BCUT2D eigenvalue weighted by Crippen LogP contribution is 2.42. The van der Waals surface area contributed by atoms with E-state index in [1.165, 1.54) is 13.2 Å². The molecule has 170 valence electrons. The van der Waals surface area contributed by atoms with Crippen molar-refractivity contribution < 1.29 is 24.3 Å². The number of nitrogens with one attached hydrogen (secondary N) is 1. The zero-order valence-electron chi connectivity index (χ0n) is 17.8. The van der Waals surface area contributed by atoms with Gasteiger partial charge in [-0.1, -0.05) is 23.7 Å². The summed E-state index contributed by atoms with van der Waals surface area (Å²) in [4.78, 5) is 14.9. The Hall–Kier alpha value is -3.49. The van der Waals surface area contributed by atoms with Gasteiger partial charge in [0.2, 0.25) is 5.76 Å². The molecule has 0 unspecified atom stereocenters. The second-order valence-electron chi connectivity index (χ2n) is 8.01. The zero-order chi connectivity index (χ0) is 23.1. The molecular weight excluding hydrogens is 446 g/mol. The summed E-state index contributed by atoms with van der Waals surface area (Å²) in [6.07, 6.45) is 2.03. The van der Waals surface area contributed by atoms with E-state index >= 15 is 0 Å². The molecule has 9 heteroatoms. The molecule has 3 heterocycles. The SMILES string of the molecule is COc1cc(C(O)=C2C(=O)Nc3cc(Cl)c(-c4ccc(N5CCC[C@@H]5CO)cc4)cc32)on1. The first-order chi connectivity index (χ1) is 16.0. The number of carbonyl (C=O) groups is 1. The summed E-state index contributed by atoms with van der Waals surface area (Å²) >= 11 is 6.55. The summed E-state index contributed by atoms with van der Waals surface area (Å²) in [7, 11) is 1.43. The summed E-state index contributed by atoms with van der Waals surface area (Å²) in [6.45, 7) is 1.05. The van der Waals surface area contributed by atoms with Gasteiger partial charge in [0.05, 0.1) is 42.1 Å². The minimum Gasteiger partial charge on any atom is -0.504 e. The summed E-state index contributed by atoms with van der Waals surface area (Å²) in [5, 5.41) is 27.2. The van der Waals surface area contributed by atoms with Crippen molar-refractivity contribution in [2.75, 3.05) is 30.5 Å². The molecule has 3 N–H and O–H groups in total. The Labute approximate surface area is 195 Å². The molecule has 0 spiro atoms. The van der Waals surface area contributed by atoms with Crippen LogP contribution in [0.15, 0.2) is 47.0 Å². The number of hydrogen-bond acceptors (Lipinski definition) is 7. The summed E-state index contributed by atoms with van der Waals surface area (Å²) in [6, 6.07) is 12.9. The molecule has 0 bridgehead atoms. The molecule has 0 saturated carbocycles. The highest BCUT2D eigenvalue weighted by atomic mass is 35.5. The van der Waals surface area contributed by atoms with Crippen LogP contribution >= 0.6 is 11.6 Å². The topological polar surface area (TPSA) is 108 Å². The second kappa shape index (κ2) is 8.46. The van der Waals surface area contributed by atoms with Gasteiger partial charge in [0, 0.05) is 23.4 Å². The molecule has 8 nitrogen and oxygen atoms in total. The van der Waals surface area contributed by atoms with Gasteiger partial charge in [-0.25, -0.2) is 0 Å². The molecule has 1 saturated heterocycles. The Morgan fingerprint density at radius 3 is 2.76 bits per heavy atom. The number of halogens is 1. The number of aliphatic hydroxyl groups excluding tert-OH is 2. The Balaban J connectivity index is 1.53. The van der Waals surface area contributed by atoms with Crippen LogP contribution in [0.5, 0.6) is 5.88 Å². The van der Waals surface area contributed by atoms with Gasteiger partial charge in [-0.2, -0.15) is 0 Å². The van der Waals surface area contributed by atoms with E-state index in [9.17, 15) is 15.0 Å². The van der Waals surface area contributed by atoms with Crippen LogP contribution < -0.4 is 15.0 Å². The molecule has 0 radical (unpaired) electrons. The third-order valence-electron chi connectivity index (χ3n) is 6.12. The van der Waals surface area contributed by atoms with Crippen molar-refractivity contribution in [2.24, 2.45) is 0 Å². The van der Waals surface area contributed by atoms with E-state index in [0.29, 0.717) is 16.3 Å². The quantitative estimate of drug-likeness (QED) is 0.378. The summed E-state index contributed by atoms with van der Waals surface area (Å²) in [5.41, 5.74) is 3.71. The lowest BCUT2D eigenvalue weighted by Gasteiger charge is -2.25. The normalized spacial score (nSPS) is 18.9. The first-order valence-corrected chi connectivity index (χ1v) is 11.0. The number of amides is 1.